The average molecular weight is 409 g/mol. The van der Waals surface area contributed by atoms with E-state index in [2.05, 4.69) is 0 Å². The van der Waals surface area contributed by atoms with Crippen LogP contribution in [0.25, 0.3) is 0 Å². The van der Waals surface area contributed by atoms with Crippen LogP contribution in [0.2, 0.25) is 10.0 Å². The molecule has 3 aliphatic carbocycles. The zero-order valence-electron chi connectivity index (χ0n) is 13.8. The lowest BCUT2D eigenvalue weighted by Gasteiger charge is -2.49. The monoisotopic (exact) mass is 408 g/mol. The highest BCUT2D eigenvalue weighted by Gasteiger charge is 2.54. The minimum absolute atomic E-state index is 0.196. The summed E-state index contributed by atoms with van der Waals surface area (Å²) in [5.74, 6) is -7.22. The smallest absolute Gasteiger partial charge is 0.197 e. The zero-order valence-corrected chi connectivity index (χ0v) is 15.3. The van der Waals surface area contributed by atoms with Crippen LogP contribution >= 0.6 is 23.2 Å². The van der Waals surface area contributed by atoms with Gasteiger partial charge >= 0.3 is 0 Å². The molecule has 0 fully saturated rings. The molecule has 136 valence electrons. The van der Waals surface area contributed by atoms with E-state index in [1.165, 1.54) is 0 Å². The van der Waals surface area contributed by atoms with Crippen molar-refractivity contribution in [2.75, 3.05) is 0 Å². The van der Waals surface area contributed by atoms with Crippen LogP contribution in [0.5, 0.6) is 0 Å². The van der Waals surface area contributed by atoms with Gasteiger partial charge in [0.05, 0.1) is 0 Å². The summed E-state index contributed by atoms with van der Waals surface area (Å²) in [6.07, 6.45) is 0. The molecule has 3 aromatic carbocycles. The lowest BCUT2D eigenvalue weighted by molar-refractivity contribution is 0.381. The van der Waals surface area contributed by atoms with Crippen LogP contribution in [0.3, 0.4) is 0 Å². The predicted octanol–water partition coefficient (Wildman–Crippen LogP) is 6.71. The first-order valence-electron chi connectivity index (χ1n) is 8.23. The minimum atomic E-state index is -1.82. The molecule has 0 aromatic heterocycles. The minimum Gasteiger partial charge on any atom is -0.203 e. The molecule has 0 saturated heterocycles. The van der Waals surface area contributed by atoms with Gasteiger partial charge < -0.3 is 0 Å². The fourth-order valence-electron chi connectivity index (χ4n) is 4.82. The standard InChI is InChI=1S/C21H10Cl2F4/c1-21-11-6-5-8(22)7-10(11)13(9-3-2-4-12(23)15(9)21)14-16(21)18(25)20(27)19(26)17(14)24/h2-7,13H,1H3. The van der Waals surface area contributed by atoms with Crippen molar-refractivity contribution < 1.29 is 17.6 Å². The molecule has 6 heteroatoms. The largest absolute Gasteiger partial charge is 0.203 e. The molecule has 0 spiro atoms. The van der Waals surface area contributed by atoms with Gasteiger partial charge in [0, 0.05) is 32.5 Å². The van der Waals surface area contributed by atoms with Crippen molar-refractivity contribution in [2.24, 2.45) is 0 Å². The van der Waals surface area contributed by atoms with E-state index in [0.29, 0.717) is 32.3 Å². The van der Waals surface area contributed by atoms with Gasteiger partial charge in [-0.3, -0.25) is 0 Å². The van der Waals surface area contributed by atoms with Crippen molar-refractivity contribution in [3.05, 3.63) is 103 Å². The molecule has 2 bridgehead atoms. The summed E-state index contributed by atoms with van der Waals surface area (Å²) in [5, 5.41) is 0.772. The number of hydrogen-bond donors (Lipinski definition) is 0. The molecule has 0 N–H and O–H groups in total. The van der Waals surface area contributed by atoms with E-state index in [0.717, 1.165) is 0 Å². The van der Waals surface area contributed by atoms with E-state index in [9.17, 15) is 17.6 Å². The zero-order chi connectivity index (χ0) is 19.2. The maximum Gasteiger partial charge on any atom is 0.197 e. The van der Waals surface area contributed by atoms with Gasteiger partial charge in [-0.05, 0) is 47.4 Å². The molecule has 0 nitrogen and oxygen atoms in total. The summed E-state index contributed by atoms with van der Waals surface area (Å²) < 4.78 is 58.1. The number of rotatable bonds is 0. The number of benzene rings is 3. The molecule has 0 saturated carbocycles. The molecule has 6 rings (SSSR count). The molecule has 2 atom stereocenters. The van der Waals surface area contributed by atoms with Crippen LogP contribution in [0.4, 0.5) is 17.6 Å². The van der Waals surface area contributed by atoms with E-state index in [1.54, 1.807) is 43.3 Å². The second-order valence-electron chi connectivity index (χ2n) is 7.04. The Kier molecular flexibility index (Phi) is 3.33. The first-order valence-corrected chi connectivity index (χ1v) is 8.99. The Bertz CT molecular complexity index is 1170. The first kappa shape index (κ1) is 17.1. The van der Waals surface area contributed by atoms with Gasteiger partial charge in [0.1, 0.15) is 0 Å². The van der Waals surface area contributed by atoms with Crippen molar-refractivity contribution in [2.45, 2.75) is 18.3 Å². The van der Waals surface area contributed by atoms with E-state index in [-0.39, 0.29) is 11.1 Å². The summed E-state index contributed by atoms with van der Waals surface area (Å²) >= 11 is 12.6. The van der Waals surface area contributed by atoms with E-state index in [1.807, 2.05) is 0 Å². The molecular weight excluding hydrogens is 399 g/mol. The summed E-state index contributed by atoms with van der Waals surface area (Å²) in [4.78, 5) is 0. The lowest BCUT2D eigenvalue weighted by atomic mass is 9.53. The molecule has 27 heavy (non-hydrogen) atoms. The van der Waals surface area contributed by atoms with Crippen molar-refractivity contribution in [3.8, 4) is 0 Å². The quantitative estimate of drug-likeness (QED) is 0.220. The van der Waals surface area contributed by atoms with E-state index >= 15 is 0 Å². The highest BCUT2D eigenvalue weighted by molar-refractivity contribution is 6.32. The Hall–Kier alpha value is -2.04. The lowest BCUT2D eigenvalue weighted by Crippen LogP contribution is -2.42. The normalized spacial score (nSPS) is 21.7. The second kappa shape index (κ2) is 5.27. The van der Waals surface area contributed by atoms with Crippen LogP contribution in [0.15, 0.2) is 36.4 Å². The Morgan fingerprint density at radius 2 is 1.52 bits per heavy atom. The third kappa shape index (κ3) is 1.85. The predicted molar refractivity (Wildman–Crippen MR) is 95.7 cm³/mol. The Balaban J connectivity index is 2.05. The summed E-state index contributed by atoms with van der Waals surface area (Å²) in [7, 11) is 0. The van der Waals surface area contributed by atoms with Gasteiger partial charge in [0.25, 0.3) is 0 Å². The summed E-state index contributed by atoms with van der Waals surface area (Å²) in [6.45, 7) is 1.65. The Labute approximate surface area is 162 Å². The SMILES string of the molecule is CC12c3ccc(Cl)cc3C(c3cccc(Cl)c31)c1c(F)c(F)c(F)c(F)c12. The molecule has 0 radical (unpaired) electrons. The first-order chi connectivity index (χ1) is 12.8. The maximum absolute atomic E-state index is 15.0. The maximum atomic E-state index is 15.0. The number of hydrogen-bond acceptors (Lipinski definition) is 0. The van der Waals surface area contributed by atoms with Crippen LogP contribution in [0, 0.1) is 23.3 Å². The Morgan fingerprint density at radius 3 is 2.26 bits per heavy atom. The van der Waals surface area contributed by atoms with Gasteiger partial charge in [-0.15, -0.1) is 0 Å². The third-order valence-corrected chi connectivity index (χ3v) is 6.36. The molecule has 0 heterocycles. The van der Waals surface area contributed by atoms with Crippen molar-refractivity contribution in [3.63, 3.8) is 0 Å². The van der Waals surface area contributed by atoms with Gasteiger partial charge in [0.15, 0.2) is 23.3 Å². The van der Waals surface area contributed by atoms with Crippen LogP contribution in [0.1, 0.15) is 46.2 Å². The van der Waals surface area contributed by atoms with Gasteiger partial charge in [-0.1, -0.05) is 41.4 Å². The molecule has 3 aliphatic rings. The second-order valence-corrected chi connectivity index (χ2v) is 7.88. The summed E-state index contributed by atoms with van der Waals surface area (Å²) in [6, 6.07) is 10.1. The van der Waals surface area contributed by atoms with E-state index in [4.69, 9.17) is 23.2 Å². The fraction of sp³-hybridized carbons (Fsp3) is 0.143. The van der Waals surface area contributed by atoms with Gasteiger partial charge in [0.2, 0.25) is 0 Å². The third-order valence-electron chi connectivity index (χ3n) is 5.81. The molecule has 0 aliphatic heterocycles. The highest BCUT2D eigenvalue weighted by atomic mass is 35.5. The molecule has 0 amide bonds. The molecule has 3 aromatic rings. The van der Waals surface area contributed by atoms with Crippen LogP contribution in [-0.2, 0) is 5.41 Å². The summed E-state index contributed by atoms with van der Waals surface area (Å²) in [5.41, 5.74) is 0.806. The van der Waals surface area contributed by atoms with Crippen molar-refractivity contribution in [1.29, 1.82) is 0 Å². The van der Waals surface area contributed by atoms with Crippen molar-refractivity contribution in [1.82, 2.24) is 0 Å². The average Bonchev–Trinajstić information content (AvgIpc) is 2.63. The molecule has 2 unspecified atom stereocenters. The van der Waals surface area contributed by atoms with Crippen molar-refractivity contribution >= 4 is 23.2 Å². The molecular formula is C21H10Cl2F4. The highest BCUT2D eigenvalue weighted by Crippen LogP contribution is 2.62. The fourth-order valence-corrected chi connectivity index (χ4v) is 5.37. The topological polar surface area (TPSA) is 0 Å². The van der Waals surface area contributed by atoms with Gasteiger partial charge in [-0.25, -0.2) is 17.6 Å². The van der Waals surface area contributed by atoms with E-state index < -0.39 is 34.6 Å². The number of halogens is 6. The van der Waals surface area contributed by atoms with Crippen LogP contribution in [-0.4, -0.2) is 0 Å². The Morgan fingerprint density at radius 1 is 0.815 bits per heavy atom. The van der Waals surface area contributed by atoms with Crippen LogP contribution < -0.4 is 0 Å². The van der Waals surface area contributed by atoms with Gasteiger partial charge in [-0.2, -0.15) is 0 Å².